The van der Waals surface area contributed by atoms with E-state index in [1.165, 1.54) is 0 Å². The SMILES string of the molecule is CO[C@@]12CC[C@@H](O)C[C@@H]1N(Cc1c(C)n(C)n(-c3ccccc3)c1=O)CC2. The van der Waals surface area contributed by atoms with Gasteiger partial charge < -0.3 is 9.84 Å². The molecule has 1 aliphatic carbocycles. The van der Waals surface area contributed by atoms with E-state index >= 15 is 0 Å². The Kier molecular flexibility index (Phi) is 4.74. The quantitative estimate of drug-likeness (QED) is 0.893. The van der Waals surface area contributed by atoms with Crippen molar-refractivity contribution in [2.24, 2.45) is 7.05 Å². The zero-order valence-electron chi connectivity index (χ0n) is 16.4. The number of fused-ring (bicyclic) bond motifs is 1. The van der Waals surface area contributed by atoms with Crippen LogP contribution in [-0.4, -0.2) is 50.8 Å². The number of benzene rings is 1. The molecule has 0 radical (unpaired) electrons. The van der Waals surface area contributed by atoms with Crippen LogP contribution in [0.3, 0.4) is 0 Å². The van der Waals surface area contributed by atoms with Gasteiger partial charge in [0.05, 0.1) is 23.0 Å². The van der Waals surface area contributed by atoms with Crippen molar-refractivity contribution in [3.8, 4) is 5.69 Å². The number of aromatic nitrogens is 2. The fourth-order valence-electron chi connectivity index (χ4n) is 4.97. The first-order valence-electron chi connectivity index (χ1n) is 9.77. The van der Waals surface area contributed by atoms with Crippen LogP contribution in [0.25, 0.3) is 5.69 Å². The van der Waals surface area contributed by atoms with Crippen molar-refractivity contribution in [3.05, 3.63) is 51.9 Å². The number of aliphatic hydroxyl groups excluding tert-OH is 1. The van der Waals surface area contributed by atoms with E-state index in [0.29, 0.717) is 13.0 Å². The van der Waals surface area contributed by atoms with Crippen LogP contribution in [0, 0.1) is 6.92 Å². The van der Waals surface area contributed by atoms with Gasteiger partial charge in [-0.1, -0.05) is 18.2 Å². The number of aliphatic hydroxyl groups is 1. The summed E-state index contributed by atoms with van der Waals surface area (Å²) in [6.45, 7) is 3.50. The molecule has 0 unspecified atom stereocenters. The topological polar surface area (TPSA) is 59.6 Å². The van der Waals surface area contributed by atoms with E-state index < -0.39 is 0 Å². The maximum Gasteiger partial charge on any atom is 0.276 e. The Morgan fingerprint density at radius 3 is 2.70 bits per heavy atom. The fourth-order valence-corrected chi connectivity index (χ4v) is 4.97. The highest BCUT2D eigenvalue weighted by Crippen LogP contribution is 2.42. The Morgan fingerprint density at radius 1 is 1.26 bits per heavy atom. The Hall–Kier alpha value is -1.89. The molecule has 1 aliphatic heterocycles. The maximum absolute atomic E-state index is 13.2. The molecular formula is C21H29N3O3. The molecule has 4 rings (SSSR count). The molecule has 1 saturated heterocycles. The predicted octanol–water partition coefficient (Wildman–Crippen LogP) is 1.99. The summed E-state index contributed by atoms with van der Waals surface area (Å²) in [4.78, 5) is 15.5. The third-order valence-corrected chi connectivity index (χ3v) is 6.71. The van der Waals surface area contributed by atoms with Crippen molar-refractivity contribution >= 4 is 0 Å². The molecule has 6 heteroatoms. The first-order valence-corrected chi connectivity index (χ1v) is 9.77. The van der Waals surface area contributed by atoms with E-state index in [0.717, 1.165) is 42.8 Å². The summed E-state index contributed by atoms with van der Waals surface area (Å²) >= 11 is 0. The summed E-state index contributed by atoms with van der Waals surface area (Å²) in [5.41, 5.74) is 2.54. The molecular weight excluding hydrogens is 342 g/mol. The molecule has 2 aliphatic rings. The van der Waals surface area contributed by atoms with Crippen molar-refractivity contribution in [3.63, 3.8) is 0 Å². The Balaban J connectivity index is 1.67. The van der Waals surface area contributed by atoms with E-state index in [1.54, 1.807) is 11.8 Å². The third kappa shape index (κ3) is 2.96. The average molecular weight is 371 g/mol. The molecule has 0 bridgehead atoms. The molecule has 2 heterocycles. The zero-order valence-corrected chi connectivity index (χ0v) is 16.4. The lowest BCUT2D eigenvalue weighted by Gasteiger charge is -2.42. The molecule has 6 nitrogen and oxygen atoms in total. The van der Waals surface area contributed by atoms with Crippen LogP contribution in [0.15, 0.2) is 35.1 Å². The largest absolute Gasteiger partial charge is 0.393 e. The monoisotopic (exact) mass is 371 g/mol. The second kappa shape index (κ2) is 6.93. The van der Waals surface area contributed by atoms with Crippen molar-refractivity contribution in [1.82, 2.24) is 14.3 Å². The fraction of sp³-hybridized carbons (Fsp3) is 0.571. The average Bonchev–Trinajstić information content (AvgIpc) is 3.14. The van der Waals surface area contributed by atoms with E-state index in [1.807, 2.05) is 49.0 Å². The number of methoxy groups -OCH3 is 1. The minimum absolute atomic E-state index is 0.0347. The van der Waals surface area contributed by atoms with Gasteiger partial charge in [-0.3, -0.25) is 14.4 Å². The van der Waals surface area contributed by atoms with Gasteiger partial charge >= 0.3 is 0 Å². The first-order chi connectivity index (χ1) is 13.0. The number of hydrogen-bond acceptors (Lipinski definition) is 4. The predicted molar refractivity (Wildman–Crippen MR) is 104 cm³/mol. The van der Waals surface area contributed by atoms with E-state index in [-0.39, 0.29) is 23.3 Å². The molecule has 1 saturated carbocycles. The number of hydrogen-bond donors (Lipinski definition) is 1. The standard InChI is InChI=1S/C21H29N3O3/c1-15-18(20(26)24(22(15)2)16-7-5-4-6-8-16)14-23-12-11-21(27-3)10-9-17(25)13-19(21)23/h4-8,17,19,25H,9-14H2,1-3H3/t17-,19+,21-/m1/s1. The van der Waals surface area contributed by atoms with Crippen molar-refractivity contribution in [2.75, 3.05) is 13.7 Å². The highest BCUT2D eigenvalue weighted by Gasteiger charge is 2.50. The smallest absolute Gasteiger partial charge is 0.276 e. The lowest BCUT2D eigenvalue weighted by molar-refractivity contribution is -0.0879. The lowest BCUT2D eigenvalue weighted by atomic mass is 9.79. The number of likely N-dealkylation sites (tertiary alicyclic amines) is 1. The van der Waals surface area contributed by atoms with Crippen molar-refractivity contribution in [2.45, 2.75) is 56.9 Å². The summed E-state index contributed by atoms with van der Waals surface area (Å²) in [6.07, 6.45) is 3.07. The van der Waals surface area contributed by atoms with E-state index in [2.05, 4.69) is 4.90 Å². The minimum atomic E-state index is -0.281. The molecule has 2 fully saturated rings. The highest BCUT2D eigenvalue weighted by atomic mass is 16.5. The van der Waals surface area contributed by atoms with Crippen molar-refractivity contribution in [1.29, 1.82) is 0 Å². The highest BCUT2D eigenvalue weighted by molar-refractivity contribution is 5.33. The summed E-state index contributed by atoms with van der Waals surface area (Å²) in [7, 11) is 3.71. The summed E-state index contributed by atoms with van der Waals surface area (Å²) < 4.78 is 9.61. The number of rotatable bonds is 4. The van der Waals surface area contributed by atoms with Crippen LogP contribution in [0.4, 0.5) is 0 Å². The summed E-state index contributed by atoms with van der Waals surface area (Å²) in [5, 5.41) is 10.2. The summed E-state index contributed by atoms with van der Waals surface area (Å²) in [6, 6.07) is 9.91. The molecule has 3 atom stereocenters. The van der Waals surface area contributed by atoms with Crippen molar-refractivity contribution < 1.29 is 9.84 Å². The van der Waals surface area contributed by atoms with Gasteiger partial charge in [-0.05, 0) is 44.7 Å². The van der Waals surface area contributed by atoms with E-state index in [9.17, 15) is 9.90 Å². The summed E-state index contributed by atoms with van der Waals surface area (Å²) in [5.74, 6) is 0. The second-order valence-electron chi connectivity index (χ2n) is 7.97. The Labute approximate surface area is 160 Å². The van der Waals surface area contributed by atoms with Crippen LogP contribution in [0.1, 0.15) is 36.9 Å². The second-order valence-corrected chi connectivity index (χ2v) is 7.97. The van der Waals surface area contributed by atoms with Crippen LogP contribution >= 0.6 is 0 Å². The van der Waals surface area contributed by atoms with Gasteiger partial charge in [0.15, 0.2) is 0 Å². The van der Waals surface area contributed by atoms with Crippen LogP contribution in [0.5, 0.6) is 0 Å². The number of nitrogens with zero attached hydrogens (tertiary/aromatic N) is 3. The van der Waals surface area contributed by atoms with Crippen LogP contribution in [0.2, 0.25) is 0 Å². The normalized spacial score (nSPS) is 28.4. The molecule has 1 aromatic heterocycles. The molecule has 27 heavy (non-hydrogen) atoms. The van der Waals surface area contributed by atoms with Gasteiger partial charge in [0.25, 0.3) is 5.56 Å². The zero-order chi connectivity index (χ0) is 19.2. The maximum atomic E-state index is 13.2. The van der Waals surface area contributed by atoms with Crippen LogP contribution < -0.4 is 5.56 Å². The van der Waals surface area contributed by atoms with Gasteiger partial charge in [0, 0.05) is 39.0 Å². The number of ether oxygens (including phenoxy) is 1. The first kappa shape index (κ1) is 18.5. The van der Waals surface area contributed by atoms with Crippen LogP contribution in [-0.2, 0) is 18.3 Å². The molecule has 2 aromatic rings. The minimum Gasteiger partial charge on any atom is -0.393 e. The van der Waals surface area contributed by atoms with Gasteiger partial charge in [0.2, 0.25) is 0 Å². The van der Waals surface area contributed by atoms with Gasteiger partial charge in [-0.15, -0.1) is 0 Å². The lowest BCUT2D eigenvalue weighted by Crippen LogP contribution is -2.51. The van der Waals surface area contributed by atoms with Gasteiger partial charge in [-0.25, -0.2) is 4.68 Å². The Morgan fingerprint density at radius 2 is 2.00 bits per heavy atom. The Bertz CT molecular complexity index is 873. The number of para-hydroxylation sites is 1. The molecule has 146 valence electrons. The van der Waals surface area contributed by atoms with Gasteiger partial charge in [0.1, 0.15) is 0 Å². The van der Waals surface area contributed by atoms with E-state index in [4.69, 9.17) is 4.74 Å². The molecule has 0 spiro atoms. The third-order valence-electron chi connectivity index (χ3n) is 6.71. The van der Waals surface area contributed by atoms with Gasteiger partial charge in [-0.2, -0.15) is 0 Å². The molecule has 1 aromatic carbocycles. The molecule has 1 N–H and O–H groups in total. The molecule has 0 amide bonds.